The van der Waals surface area contributed by atoms with Gasteiger partial charge in [-0.25, -0.2) is 4.79 Å². The predicted molar refractivity (Wildman–Crippen MR) is 80.2 cm³/mol. The lowest BCUT2D eigenvalue weighted by Gasteiger charge is -2.42. The molecule has 120 valence electrons. The lowest BCUT2D eigenvalue weighted by atomic mass is 9.67. The SMILES string of the molecule is CCOCCC1(CNC(=O)N[C@H]2C[C@@H]3CC[C@@H]2O3)CCC1. The van der Waals surface area contributed by atoms with E-state index in [0.717, 1.165) is 45.4 Å². The molecule has 2 heterocycles. The maximum absolute atomic E-state index is 12.1. The summed E-state index contributed by atoms with van der Waals surface area (Å²) in [6.45, 7) is 4.37. The summed E-state index contributed by atoms with van der Waals surface area (Å²) >= 11 is 0. The van der Waals surface area contributed by atoms with E-state index >= 15 is 0 Å². The lowest BCUT2D eigenvalue weighted by molar-refractivity contribution is 0.0555. The number of ether oxygens (including phenoxy) is 2. The molecule has 21 heavy (non-hydrogen) atoms. The van der Waals surface area contributed by atoms with Crippen LogP contribution in [-0.4, -0.2) is 44.0 Å². The molecule has 3 aliphatic rings. The third-order valence-corrected chi connectivity index (χ3v) is 5.44. The Kier molecular flexibility index (Phi) is 4.69. The summed E-state index contributed by atoms with van der Waals surface area (Å²) < 4.78 is 11.2. The van der Waals surface area contributed by atoms with Crippen LogP contribution in [-0.2, 0) is 9.47 Å². The lowest BCUT2D eigenvalue weighted by Crippen LogP contribution is -2.50. The number of hydrogen-bond donors (Lipinski definition) is 2. The molecule has 3 fully saturated rings. The van der Waals surface area contributed by atoms with Crippen molar-refractivity contribution >= 4 is 6.03 Å². The van der Waals surface area contributed by atoms with Crippen molar-refractivity contribution in [3.63, 3.8) is 0 Å². The predicted octanol–water partition coefficient (Wildman–Crippen LogP) is 2.20. The van der Waals surface area contributed by atoms with Gasteiger partial charge >= 0.3 is 6.03 Å². The topological polar surface area (TPSA) is 59.6 Å². The Labute approximate surface area is 127 Å². The summed E-state index contributed by atoms with van der Waals surface area (Å²) in [4.78, 5) is 12.1. The van der Waals surface area contributed by atoms with Crippen molar-refractivity contribution in [2.75, 3.05) is 19.8 Å². The zero-order chi connectivity index (χ0) is 14.7. The molecule has 2 aliphatic heterocycles. The van der Waals surface area contributed by atoms with E-state index in [0.29, 0.717) is 6.10 Å². The van der Waals surface area contributed by atoms with Crippen LogP contribution in [0.1, 0.15) is 51.9 Å². The first-order valence-electron chi connectivity index (χ1n) is 8.48. The van der Waals surface area contributed by atoms with Crippen LogP contribution in [0, 0.1) is 5.41 Å². The molecule has 3 rings (SSSR count). The summed E-state index contributed by atoms with van der Waals surface area (Å²) in [5.74, 6) is 0. The summed E-state index contributed by atoms with van der Waals surface area (Å²) in [7, 11) is 0. The van der Waals surface area contributed by atoms with E-state index in [-0.39, 0.29) is 23.6 Å². The molecular weight excluding hydrogens is 268 g/mol. The number of rotatable bonds is 7. The van der Waals surface area contributed by atoms with Gasteiger partial charge < -0.3 is 20.1 Å². The first-order chi connectivity index (χ1) is 10.2. The summed E-state index contributed by atoms with van der Waals surface area (Å²) in [6.07, 6.45) is 8.59. The fraction of sp³-hybridized carbons (Fsp3) is 0.938. The van der Waals surface area contributed by atoms with Gasteiger partial charge in [0.25, 0.3) is 0 Å². The van der Waals surface area contributed by atoms with Crippen molar-refractivity contribution in [1.82, 2.24) is 10.6 Å². The average molecular weight is 296 g/mol. The number of nitrogens with one attached hydrogen (secondary N) is 2. The van der Waals surface area contributed by atoms with E-state index in [2.05, 4.69) is 10.6 Å². The first kappa shape index (κ1) is 15.1. The maximum Gasteiger partial charge on any atom is 0.315 e. The van der Waals surface area contributed by atoms with Crippen molar-refractivity contribution in [3.8, 4) is 0 Å². The van der Waals surface area contributed by atoms with Gasteiger partial charge in [-0.15, -0.1) is 0 Å². The molecule has 0 radical (unpaired) electrons. The number of carbonyl (C=O) groups excluding carboxylic acids is 1. The van der Waals surface area contributed by atoms with Gasteiger partial charge in [0, 0.05) is 19.8 Å². The second kappa shape index (κ2) is 6.53. The molecular formula is C16H28N2O3. The largest absolute Gasteiger partial charge is 0.382 e. The van der Waals surface area contributed by atoms with E-state index in [1.165, 1.54) is 19.3 Å². The summed E-state index contributed by atoms with van der Waals surface area (Å²) in [5.41, 5.74) is 0.275. The summed E-state index contributed by atoms with van der Waals surface area (Å²) in [5, 5.41) is 6.17. The molecule has 5 nitrogen and oxygen atoms in total. The van der Waals surface area contributed by atoms with Gasteiger partial charge in [0.2, 0.25) is 0 Å². The molecule has 2 N–H and O–H groups in total. The zero-order valence-corrected chi connectivity index (χ0v) is 13.0. The van der Waals surface area contributed by atoms with E-state index < -0.39 is 0 Å². The number of fused-ring (bicyclic) bond motifs is 2. The van der Waals surface area contributed by atoms with Crippen LogP contribution in [0.2, 0.25) is 0 Å². The Hall–Kier alpha value is -0.810. The van der Waals surface area contributed by atoms with Gasteiger partial charge in [0.05, 0.1) is 18.2 Å². The monoisotopic (exact) mass is 296 g/mol. The second-order valence-corrected chi connectivity index (χ2v) is 6.84. The van der Waals surface area contributed by atoms with Crippen molar-refractivity contribution < 1.29 is 14.3 Å². The Morgan fingerprint density at radius 2 is 2.24 bits per heavy atom. The number of hydrogen-bond acceptors (Lipinski definition) is 3. The normalized spacial score (nSPS) is 32.7. The van der Waals surface area contributed by atoms with Crippen LogP contribution in [0.25, 0.3) is 0 Å². The minimum Gasteiger partial charge on any atom is -0.382 e. The third kappa shape index (κ3) is 3.51. The van der Waals surface area contributed by atoms with Crippen molar-refractivity contribution in [1.29, 1.82) is 0 Å². The van der Waals surface area contributed by atoms with Crippen LogP contribution in [0.5, 0.6) is 0 Å². The highest BCUT2D eigenvalue weighted by molar-refractivity contribution is 5.74. The molecule has 0 aromatic heterocycles. The minimum atomic E-state index is -0.0289. The van der Waals surface area contributed by atoms with Crippen molar-refractivity contribution in [3.05, 3.63) is 0 Å². The smallest absolute Gasteiger partial charge is 0.315 e. The molecule has 0 spiro atoms. The maximum atomic E-state index is 12.1. The third-order valence-electron chi connectivity index (χ3n) is 5.44. The standard InChI is InChI=1S/C16H28N2O3/c1-2-20-9-8-16(6-3-7-16)11-17-15(19)18-13-10-12-4-5-14(13)21-12/h12-14H,2-11H2,1H3,(H2,17,18,19)/t12-,13-,14-/m0/s1. The highest BCUT2D eigenvalue weighted by Crippen LogP contribution is 2.43. The second-order valence-electron chi connectivity index (χ2n) is 6.84. The quantitative estimate of drug-likeness (QED) is 0.708. The van der Waals surface area contributed by atoms with Crippen LogP contribution in [0.4, 0.5) is 4.79 Å². The van der Waals surface area contributed by atoms with Gasteiger partial charge in [-0.05, 0) is 50.9 Å². The Bertz CT molecular complexity index is 371. The van der Waals surface area contributed by atoms with E-state index in [1.807, 2.05) is 6.92 Å². The van der Waals surface area contributed by atoms with E-state index in [9.17, 15) is 4.79 Å². The molecule has 0 aromatic rings. The van der Waals surface area contributed by atoms with Gasteiger partial charge in [-0.1, -0.05) is 6.42 Å². The van der Waals surface area contributed by atoms with Crippen LogP contribution in [0.3, 0.4) is 0 Å². The molecule has 2 bridgehead atoms. The Morgan fingerprint density at radius 1 is 1.38 bits per heavy atom. The average Bonchev–Trinajstić information content (AvgIpc) is 3.03. The first-order valence-corrected chi connectivity index (χ1v) is 8.48. The molecule has 3 atom stereocenters. The van der Waals surface area contributed by atoms with Gasteiger partial charge in [-0.3, -0.25) is 0 Å². The van der Waals surface area contributed by atoms with Crippen molar-refractivity contribution in [2.45, 2.75) is 70.1 Å². The molecule has 1 saturated carbocycles. The van der Waals surface area contributed by atoms with Crippen LogP contribution < -0.4 is 10.6 Å². The highest BCUT2D eigenvalue weighted by Gasteiger charge is 2.42. The molecule has 2 saturated heterocycles. The highest BCUT2D eigenvalue weighted by atomic mass is 16.5. The zero-order valence-electron chi connectivity index (χ0n) is 13.0. The number of urea groups is 1. The van der Waals surface area contributed by atoms with Crippen LogP contribution in [0.15, 0.2) is 0 Å². The van der Waals surface area contributed by atoms with Crippen molar-refractivity contribution in [2.24, 2.45) is 5.41 Å². The number of amides is 2. The van der Waals surface area contributed by atoms with Gasteiger partial charge in [0.15, 0.2) is 0 Å². The molecule has 5 heteroatoms. The van der Waals surface area contributed by atoms with Gasteiger partial charge in [-0.2, -0.15) is 0 Å². The van der Waals surface area contributed by atoms with Crippen LogP contribution >= 0.6 is 0 Å². The van der Waals surface area contributed by atoms with E-state index in [4.69, 9.17) is 9.47 Å². The summed E-state index contributed by atoms with van der Waals surface area (Å²) in [6, 6.07) is 0.184. The molecule has 0 aromatic carbocycles. The molecule has 0 unspecified atom stereocenters. The number of carbonyl (C=O) groups is 1. The van der Waals surface area contributed by atoms with E-state index in [1.54, 1.807) is 0 Å². The fourth-order valence-corrected chi connectivity index (χ4v) is 3.90. The Morgan fingerprint density at radius 3 is 2.81 bits per heavy atom. The molecule has 1 aliphatic carbocycles. The van der Waals surface area contributed by atoms with Gasteiger partial charge in [0.1, 0.15) is 0 Å². The molecule has 2 amide bonds. The minimum absolute atomic E-state index is 0.0289. The fourth-order valence-electron chi connectivity index (χ4n) is 3.90. The Balaban J connectivity index is 1.38.